The molecule has 0 bridgehead atoms. The van der Waals surface area contributed by atoms with E-state index in [0.717, 1.165) is 11.1 Å². The molecule has 2 aromatic rings. The topological polar surface area (TPSA) is 46.2 Å². The molecule has 3 nitrogen and oxygen atoms in total. The molecule has 0 saturated carbocycles. The summed E-state index contributed by atoms with van der Waals surface area (Å²) < 4.78 is 0. The molecule has 1 saturated heterocycles. The lowest BCUT2D eigenvalue weighted by molar-refractivity contribution is -0.128. The Morgan fingerprint density at radius 2 is 1.38 bits per heavy atom. The first-order valence-electron chi connectivity index (χ1n) is 7.05. The van der Waals surface area contributed by atoms with Crippen LogP contribution in [0.5, 0.6) is 0 Å². The second kappa shape index (κ2) is 5.17. The van der Waals surface area contributed by atoms with Gasteiger partial charge in [-0.05, 0) is 18.1 Å². The Labute approximate surface area is 124 Å². The number of benzene rings is 2. The van der Waals surface area contributed by atoms with E-state index >= 15 is 0 Å². The highest BCUT2D eigenvalue weighted by Crippen LogP contribution is 2.45. The maximum absolute atomic E-state index is 12.4. The average molecular weight is 279 g/mol. The van der Waals surface area contributed by atoms with Gasteiger partial charge in [-0.3, -0.25) is 14.9 Å². The standard InChI is InChI=1S/C18H17NO2/c1-18(12-15(20)19-17(18)21)16(13-8-4-2-5-9-13)14-10-6-3-7-11-14/h2-11,16H,12H2,1H3,(H,19,20,21). The van der Waals surface area contributed by atoms with Crippen LogP contribution < -0.4 is 5.32 Å². The van der Waals surface area contributed by atoms with Gasteiger partial charge in [-0.1, -0.05) is 60.7 Å². The van der Waals surface area contributed by atoms with Crippen molar-refractivity contribution in [1.82, 2.24) is 5.32 Å². The predicted molar refractivity (Wildman–Crippen MR) is 80.6 cm³/mol. The van der Waals surface area contributed by atoms with Crippen LogP contribution in [-0.4, -0.2) is 11.8 Å². The largest absolute Gasteiger partial charge is 0.296 e. The zero-order valence-corrected chi connectivity index (χ0v) is 11.9. The Hall–Kier alpha value is -2.42. The van der Waals surface area contributed by atoms with Crippen molar-refractivity contribution in [2.45, 2.75) is 19.3 Å². The molecule has 1 aliphatic rings. The molecule has 1 heterocycles. The van der Waals surface area contributed by atoms with E-state index < -0.39 is 5.41 Å². The summed E-state index contributed by atoms with van der Waals surface area (Å²) in [4.78, 5) is 24.1. The maximum Gasteiger partial charge on any atom is 0.233 e. The SMILES string of the molecule is CC1(C(c2ccccc2)c2ccccc2)CC(=O)NC1=O. The fourth-order valence-electron chi connectivity index (χ4n) is 3.18. The molecule has 1 N–H and O–H groups in total. The number of carbonyl (C=O) groups excluding carboxylic acids is 2. The van der Waals surface area contributed by atoms with Crippen molar-refractivity contribution in [2.24, 2.45) is 5.41 Å². The zero-order valence-electron chi connectivity index (χ0n) is 11.9. The molecule has 0 aliphatic carbocycles. The Kier molecular flexibility index (Phi) is 3.34. The smallest absolute Gasteiger partial charge is 0.233 e. The minimum absolute atomic E-state index is 0.133. The van der Waals surface area contributed by atoms with Gasteiger partial charge in [0.2, 0.25) is 11.8 Å². The molecule has 3 heteroatoms. The quantitative estimate of drug-likeness (QED) is 0.878. The summed E-state index contributed by atoms with van der Waals surface area (Å²) in [5, 5.41) is 2.45. The maximum atomic E-state index is 12.4. The number of carbonyl (C=O) groups is 2. The third-order valence-corrected chi connectivity index (χ3v) is 4.20. The first-order chi connectivity index (χ1) is 10.1. The van der Waals surface area contributed by atoms with Gasteiger partial charge in [0.15, 0.2) is 0 Å². The van der Waals surface area contributed by atoms with Crippen molar-refractivity contribution in [1.29, 1.82) is 0 Å². The van der Waals surface area contributed by atoms with Crippen molar-refractivity contribution < 1.29 is 9.59 Å². The molecule has 3 rings (SSSR count). The van der Waals surface area contributed by atoms with Crippen LogP contribution in [0.2, 0.25) is 0 Å². The summed E-state index contributed by atoms with van der Waals surface area (Å²) in [7, 11) is 0. The Morgan fingerprint density at radius 3 is 1.76 bits per heavy atom. The molecule has 2 amide bonds. The van der Waals surface area contributed by atoms with E-state index in [1.807, 2.05) is 67.6 Å². The first-order valence-corrected chi connectivity index (χ1v) is 7.05. The van der Waals surface area contributed by atoms with Gasteiger partial charge in [-0.25, -0.2) is 0 Å². The lowest BCUT2D eigenvalue weighted by Gasteiger charge is -2.31. The molecule has 1 unspecified atom stereocenters. The van der Waals surface area contributed by atoms with Gasteiger partial charge in [-0.15, -0.1) is 0 Å². The summed E-state index contributed by atoms with van der Waals surface area (Å²) in [6.07, 6.45) is 0.223. The van der Waals surface area contributed by atoms with Crippen molar-refractivity contribution in [2.75, 3.05) is 0 Å². The van der Waals surface area contributed by atoms with E-state index in [0.29, 0.717) is 0 Å². The number of hydrogen-bond donors (Lipinski definition) is 1. The molecule has 0 spiro atoms. The highest BCUT2D eigenvalue weighted by molar-refractivity contribution is 6.06. The van der Waals surface area contributed by atoms with E-state index in [2.05, 4.69) is 5.32 Å². The van der Waals surface area contributed by atoms with E-state index in [-0.39, 0.29) is 24.2 Å². The lowest BCUT2D eigenvalue weighted by Crippen LogP contribution is -2.35. The number of imide groups is 1. The summed E-state index contributed by atoms with van der Waals surface area (Å²) in [6, 6.07) is 19.8. The summed E-state index contributed by atoms with van der Waals surface area (Å²) in [6.45, 7) is 1.87. The summed E-state index contributed by atoms with van der Waals surface area (Å²) in [5.41, 5.74) is 1.35. The molecule has 2 aromatic carbocycles. The fourth-order valence-corrected chi connectivity index (χ4v) is 3.18. The van der Waals surface area contributed by atoms with Crippen molar-refractivity contribution in [3.63, 3.8) is 0 Å². The van der Waals surface area contributed by atoms with Crippen molar-refractivity contribution >= 4 is 11.8 Å². The van der Waals surface area contributed by atoms with Gasteiger partial charge >= 0.3 is 0 Å². The van der Waals surface area contributed by atoms with Crippen molar-refractivity contribution in [3.8, 4) is 0 Å². The van der Waals surface area contributed by atoms with Crippen LogP contribution in [0.15, 0.2) is 60.7 Å². The summed E-state index contributed by atoms with van der Waals surface area (Å²) >= 11 is 0. The highest BCUT2D eigenvalue weighted by atomic mass is 16.2. The molecule has 1 fully saturated rings. The van der Waals surface area contributed by atoms with Crippen LogP contribution in [0.1, 0.15) is 30.4 Å². The van der Waals surface area contributed by atoms with Gasteiger partial charge in [0.05, 0.1) is 5.41 Å². The molecule has 0 aromatic heterocycles. The predicted octanol–water partition coefficient (Wildman–Crippen LogP) is 2.87. The summed E-state index contributed by atoms with van der Waals surface area (Å²) in [5.74, 6) is -0.518. The second-order valence-electron chi connectivity index (χ2n) is 5.73. The molecular formula is C18H17NO2. The first kappa shape index (κ1) is 13.6. The normalized spacial score (nSPS) is 21.6. The lowest BCUT2D eigenvalue weighted by atomic mass is 9.69. The fraction of sp³-hybridized carbons (Fsp3) is 0.222. The Balaban J connectivity index is 2.14. The van der Waals surface area contributed by atoms with Gasteiger partial charge in [-0.2, -0.15) is 0 Å². The van der Waals surface area contributed by atoms with Crippen LogP contribution in [0, 0.1) is 5.41 Å². The third kappa shape index (κ3) is 2.35. The molecule has 1 atom stereocenters. The number of nitrogens with one attached hydrogen (secondary N) is 1. The molecule has 106 valence electrons. The molecule has 0 radical (unpaired) electrons. The average Bonchev–Trinajstić information content (AvgIpc) is 2.75. The molecule has 1 aliphatic heterocycles. The highest BCUT2D eigenvalue weighted by Gasteiger charge is 2.49. The van der Waals surface area contributed by atoms with E-state index in [1.54, 1.807) is 0 Å². The number of rotatable bonds is 3. The van der Waals surface area contributed by atoms with E-state index in [9.17, 15) is 9.59 Å². The van der Waals surface area contributed by atoms with Crippen LogP contribution >= 0.6 is 0 Å². The van der Waals surface area contributed by atoms with Gasteiger partial charge in [0.1, 0.15) is 0 Å². The molecular weight excluding hydrogens is 262 g/mol. The van der Waals surface area contributed by atoms with Crippen LogP contribution in [0.25, 0.3) is 0 Å². The van der Waals surface area contributed by atoms with E-state index in [4.69, 9.17) is 0 Å². The van der Waals surface area contributed by atoms with Crippen molar-refractivity contribution in [3.05, 3.63) is 71.8 Å². The minimum Gasteiger partial charge on any atom is -0.296 e. The second-order valence-corrected chi connectivity index (χ2v) is 5.73. The number of hydrogen-bond acceptors (Lipinski definition) is 2. The Morgan fingerprint density at radius 1 is 0.905 bits per heavy atom. The third-order valence-electron chi connectivity index (χ3n) is 4.20. The van der Waals surface area contributed by atoms with Gasteiger partial charge < -0.3 is 0 Å². The zero-order chi connectivity index (χ0) is 14.9. The Bertz CT molecular complexity index is 627. The molecule has 21 heavy (non-hydrogen) atoms. The number of amides is 2. The van der Waals surface area contributed by atoms with E-state index in [1.165, 1.54) is 0 Å². The van der Waals surface area contributed by atoms with Gasteiger partial charge in [0.25, 0.3) is 0 Å². The minimum atomic E-state index is -0.750. The van der Waals surface area contributed by atoms with Gasteiger partial charge in [0, 0.05) is 12.3 Å². The monoisotopic (exact) mass is 279 g/mol. The van der Waals surface area contributed by atoms with Crippen LogP contribution in [0.3, 0.4) is 0 Å². The van der Waals surface area contributed by atoms with Crippen LogP contribution in [-0.2, 0) is 9.59 Å². The van der Waals surface area contributed by atoms with Crippen LogP contribution in [0.4, 0.5) is 0 Å².